The molecular weight excluding hydrogens is 367 g/mol. The Kier molecular flexibility index (Phi) is 5.45. The van der Waals surface area contributed by atoms with Crippen molar-refractivity contribution in [3.63, 3.8) is 0 Å². The van der Waals surface area contributed by atoms with Gasteiger partial charge in [-0.15, -0.1) is 0 Å². The van der Waals surface area contributed by atoms with Crippen molar-refractivity contribution in [2.75, 3.05) is 13.1 Å². The normalized spacial score (nSPS) is 15.9. The molecule has 1 aliphatic rings. The van der Waals surface area contributed by atoms with E-state index in [9.17, 15) is 4.39 Å². The van der Waals surface area contributed by atoms with Gasteiger partial charge in [-0.25, -0.2) is 4.39 Å². The van der Waals surface area contributed by atoms with E-state index in [4.69, 9.17) is 16.1 Å². The van der Waals surface area contributed by atoms with E-state index in [0.717, 1.165) is 43.7 Å². The molecule has 0 radical (unpaired) electrons. The molecule has 0 saturated carbocycles. The third-order valence-electron chi connectivity index (χ3n) is 4.88. The Hall–Kier alpha value is -2.31. The lowest BCUT2D eigenvalue weighted by Gasteiger charge is -2.29. The van der Waals surface area contributed by atoms with E-state index < -0.39 is 5.82 Å². The lowest BCUT2D eigenvalue weighted by Crippen LogP contribution is -2.32. The average Bonchev–Trinajstić information content (AvgIpc) is 3.15. The van der Waals surface area contributed by atoms with Gasteiger partial charge in [0.25, 0.3) is 0 Å². The molecule has 27 heavy (non-hydrogen) atoms. The van der Waals surface area contributed by atoms with Crippen LogP contribution in [-0.2, 0) is 13.0 Å². The molecule has 1 saturated heterocycles. The molecule has 140 valence electrons. The number of pyridine rings is 1. The van der Waals surface area contributed by atoms with Crippen molar-refractivity contribution in [1.82, 2.24) is 20.0 Å². The van der Waals surface area contributed by atoms with Crippen molar-refractivity contribution in [3.05, 3.63) is 76.4 Å². The molecule has 0 atom stereocenters. The minimum atomic E-state index is -0.424. The number of piperidine rings is 1. The van der Waals surface area contributed by atoms with Crippen LogP contribution in [0.1, 0.15) is 41.7 Å². The van der Waals surface area contributed by atoms with Crippen LogP contribution in [0.15, 0.2) is 47.1 Å². The Bertz CT molecular complexity index is 894. The fourth-order valence-corrected chi connectivity index (χ4v) is 3.60. The molecule has 0 aliphatic carbocycles. The van der Waals surface area contributed by atoms with Gasteiger partial charge in [-0.1, -0.05) is 28.9 Å². The van der Waals surface area contributed by atoms with Crippen molar-refractivity contribution in [2.45, 2.75) is 31.7 Å². The number of aromatic nitrogens is 3. The first-order valence-corrected chi connectivity index (χ1v) is 9.44. The second kappa shape index (κ2) is 8.15. The van der Waals surface area contributed by atoms with Crippen LogP contribution in [0.2, 0.25) is 5.02 Å². The van der Waals surface area contributed by atoms with Crippen LogP contribution in [0.3, 0.4) is 0 Å². The number of nitrogens with zero attached hydrogens (tertiary/aromatic N) is 4. The van der Waals surface area contributed by atoms with Gasteiger partial charge in [-0.3, -0.25) is 9.88 Å². The lowest BCUT2D eigenvalue weighted by atomic mass is 9.96. The molecular formula is C20H20ClFN4O. The first kappa shape index (κ1) is 18.1. The largest absolute Gasteiger partial charge is 0.339 e. The summed E-state index contributed by atoms with van der Waals surface area (Å²) in [5.74, 6) is 1.15. The number of halogens is 2. The van der Waals surface area contributed by atoms with Gasteiger partial charge in [-0.2, -0.15) is 4.98 Å². The van der Waals surface area contributed by atoms with Crippen LogP contribution in [-0.4, -0.2) is 33.1 Å². The molecule has 1 aliphatic heterocycles. The molecule has 0 spiro atoms. The van der Waals surface area contributed by atoms with Crippen molar-refractivity contribution in [1.29, 1.82) is 0 Å². The third-order valence-corrected chi connectivity index (χ3v) is 5.17. The quantitative estimate of drug-likeness (QED) is 0.656. The van der Waals surface area contributed by atoms with E-state index in [1.807, 2.05) is 18.3 Å². The molecule has 1 fully saturated rings. The highest BCUT2D eigenvalue weighted by Gasteiger charge is 2.25. The molecule has 5 nitrogen and oxygen atoms in total. The minimum absolute atomic E-state index is 0.108. The summed E-state index contributed by atoms with van der Waals surface area (Å²) in [5.41, 5.74) is 1.95. The molecule has 0 bridgehead atoms. The number of likely N-dealkylation sites (tertiary alicyclic amines) is 1. The van der Waals surface area contributed by atoms with Crippen LogP contribution >= 0.6 is 11.6 Å². The monoisotopic (exact) mass is 386 g/mol. The summed E-state index contributed by atoms with van der Waals surface area (Å²) >= 11 is 5.83. The van der Waals surface area contributed by atoms with Crippen LogP contribution in [0.25, 0.3) is 0 Å². The van der Waals surface area contributed by atoms with Crippen LogP contribution in [0.5, 0.6) is 0 Å². The zero-order valence-electron chi connectivity index (χ0n) is 14.8. The van der Waals surface area contributed by atoms with E-state index in [-0.39, 0.29) is 10.9 Å². The van der Waals surface area contributed by atoms with Gasteiger partial charge < -0.3 is 4.52 Å². The minimum Gasteiger partial charge on any atom is -0.339 e. The van der Waals surface area contributed by atoms with Gasteiger partial charge in [0.05, 0.1) is 10.7 Å². The highest BCUT2D eigenvalue weighted by molar-refractivity contribution is 6.30. The fourth-order valence-electron chi connectivity index (χ4n) is 3.40. The summed E-state index contributed by atoms with van der Waals surface area (Å²) in [6, 6.07) is 10.6. The van der Waals surface area contributed by atoms with Crippen molar-refractivity contribution in [2.24, 2.45) is 0 Å². The highest BCUT2D eigenvalue weighted by Crippen LogP contribution is 2.28. The summed E-state index contributed by atoms with van der Waals surface area (Å²) < 4.78 is 18.7. The highest BCUT2D eigenvalue weighted by atomic mass is 35.5. The predicted molar refractivity (Wildman–Crippen MR) is 100 cm³/mol. The average molecular weight is 387 g/mol. The number of rotatable bonds is 5. The topological polar surface area (TPSA) is 55.1 Å². The van der Waals surface area contributed by atoms with Gasteiger partial charge in [0, 0.05) is 25.1 Å². The summed E-state index contributed by atoms with van der Waals surface area (Å²) in [6.45, 7) is 2.83. The second-order valence-electron chi connectivity index (χ2n) is 6.85. The summed E-state index contributed by atoms with van der Waals surface area (Å²) in [6.07, 6.45) is 4.27. The Morgan fingerprint density at radius 2 is 2.04 bits per heavy atom. The standard InChI is InChI=1S/C20H20ClFN4O/c21-17-11-14(4-5-18(17)22)12-19-24-20(27-25-19)15-6-9-26(10-7-15)13-16-3-1-2-8-23-16/h1-5,8,11,15H,6-7,9-10,12-13H2. The Labute approximate surface area is 162 Å². The van der Waals surface area contributed by atoms with E-state index in [1.165, 1.54) is 6.07 Å². The van der Waals surface area contributed by atoms with E-state index in [1.54, 1.807) is 12.1 Å². The van der Waals surface area contributed by atoms with Crippen molar-refractivity contribution >= 4 is 11.6 Å². The molecule has 4 rings (SSSR count). The Balaban J connectivity index is 1.33. The maximum atomic E-state index is 13.3. The number of benzene rings is 1. The van der Waals surface area contributed by atoms with Gasteiger partial charge in [0.15, 0.2) is 5.82 Å². The van der Waals surface area contributed by atoms with Crippen LogP contribution in [0, 0.1) is 5.82 Å². The van der Waals surface area contributed by atoms with Gasteiger partial charge in [0.2, 0.25) is 5.89 Å². The van der Waals surface area contributed by atoms with E-state index >= 15 is 0 Å². The zero-order chi connectivity index (χ0) is 18.6. The smallest absolute Gasteiger partial charge is 0.229 e. The molecule has 1 aromatic carbocycles. The summed E-state index contributed by atoms with van der Waals surface area (Å²) in [7, 11) is 0. The molecule has 2 aromatic heterocycles. The van der Waals surface area contributed by atoms with E-state index in [2.05, 4.69) is 26.1 Å². The molecule has 3 heterocycles. The predicted octanol–water partition coefficient (Wildman–Crippen LogP) is 4.23. The maximum Gasteiger partial charge on any atom is 0.229 e. The van der Waals surface area contributed by atoms with Crippen molar-refractivity contribution < 1.29 is 8.91 Å². The van der Waals surface area contributed by atoms with E-state index in [0.29, 0.717) is 18.1 Å². The Morgan fingerprint density at radius 3 is 2.78 bits per heavy atom. The van der Waals surface area contributed by atoms with Gasteiger partial charge in [0.1, 0.15) is 5.82 Å². The third kappa shape index (κ3) is 4.51. The van der Waals surface area contributed by atoms with Gasteiger partial charge >= 0.3 is 0 Å². The first-order valence-electron chi connectivity index (χ1n) is 9.06. The maximum absolute atomic E-state index is 13.3. The second-order valence-corrected chi connectivity index (χ2v) is 7.25. The number of hydrogen-bond donors (Lipinski definition) is 0. The SMILES string of the molecule is Fc1ccc(Cc2noc(C3CCN(Cc4ccccn4)CC3)n2)cc1Cl. The molecule has 7 heteroatoms. The zero-order valence-corrected chi connectivity index (χ0v) is 15.6. The van der Waals surface area contributed by atoms with Gasteiger partial charge in [-0.05, 0) is 55.8 Å². The molecule has 0 N–H and O–H groups in total. The Morgan fingerprint density at radius 1 is 1.19 bits per heavy atom. The molecule has 0 amide bonds. The summed E-state index contributed by atoms with van der Waals surface area (Å²) in [4.78, 5) is 11.3. The number of hydrogen-bond acceptors (Lipinski definition) is 5. The van der Waals surface area contributed by atoms with Crippen LogP contribution in [0.4, 0.5) is 4.39 Å². The first-order chi connectivity index (χ1) is 13.2. The van der Waals surface area contributed by atoms with Crippen molar-refractivity contribution in [3.8, 4) is 0 Å². The fraction of sp³-hybridized carbons (Fsp3) is 0.350. The summed E-state index contributed by atoms with van der Waals surface area (Å²) in [5, 5.41) is 4.19. The van der Waals surface area contributed by atoms with Crippen LogP contribution < -0.4 is 0 Å². The molecule has 0 unspecified atom stereocenters. The lowest BCUT2D eigenvalue weighted by molar-refractivity contribution is 0.186. The molecule has 3 aromatic rings.